The van der Waals surface area contributed by atoms with E-state index < -0.39 is 18.4 Å². The molecule has 7 nitrogen and oxygen atoms in total. The lowest BCUT2D eigenvalue weighted by molar-refractivity contribution is -0.145. The summed E-state index contributed by atoms with van der Waals surface area (Å²) >= 11 is 0. The molecule has 1 aliphatic rings. The van der Waals surface area contributed by atoms with Gasteiger partial charge in [-0.05, 0) is 36.5 Å². The van der Waals surface area contributed by atoms with E-state index in [1.165, 1.54) is 4.90 Å². The molecule has 0 aromatic heterocycles. The molecule has 2 atom stereocenters. The number of carboxylic acid groups (broad SMARTS) is 1. The highest BCUT2D eigenvalue weighted by Gasteiger charge is 2.39. The van der Waals surface area contributed by atoms with E-state index in [1.54, 1.807) is 11.9 Å². The summed E-state index contributed by atoms with van der Waals surface area (Å²) in [6.07, 6.45) is 1.50. The fraction of sp³-hybridized carbons (Fsp3) is 0.323. The van der Waals surface area contributed by atoms with E-state index in [9.17, 15) is 19.5 Å². The summed E-state index contributed by atoms with van der Waals surface area (Å²) in [5.74, 6) is -2.00. The topological polar surface area (TPSA) is 81.2 Å². The number of likely N-dealkylation sites (tertiary alicyclic amines) is 1. The Kier molecular flexibility index (Phi) is 8.79. The number of urea groups is 1. The SMILES string of the molecule is C[C@H]1CC[C@@H](CN(CC(=O)O)C(=O)C(c2ccccc2)c2ccccc2)N1C(=O)N(C)Cc1ccccc1. The van der Waals surface area contributed by atoms with Gasteiger partial charge in [-0.25, -0.2) is 4.79 Å². The first-order valence-electron chi connectivity index (χ1n) is 13.0. The molecule has 0 radical (unpaired) electrons. The third-order valence-electron chi connectivity index (χ3n) is 7.18. The van der Waals surface area contributed by atoms with Gasteiger partial charge in [0.2, 0.25) is 5.91 Å². The van der Waals surface area contributed by atoms with Crippen molar-refractivity contribution in [3.63, 3.8) is 0 Å². The second-order valence-electron chi connectivity index (χ2n) is 9.98. The summed E-state index contributed by atoms with van der Waals surface area (Å²) in [7, 11) is 1.78. The van der Waals surface area contributed by atoms with Crippen molar-refractivity contribution in [2.24, 2.45) is 0 Å². The Bertz CT molecular complexity index is 1180. The number of carboxylic acids is 1. The first-order valence-corrected chi connectivity index (χ1v) is 13.0. The van der Waals surface area contributed by atoms with Crippen LogP contribution in [0.2, 0.25) is 0 Å². The van der Waals surface area contributed by atoms with E-state index in [-0.39, 0.29) is 30.6 Å². The predicted molar refractivity (Wildman–Crippen MR) is 147 cm³/mol. The second kappa shape index (κ2) is 12.4. The summed E-state index contributed by atoms with van der Waals surface area (Å²) in [4.78, 5) is 44.4. The number of benzene rings is 3. The summed E-state index contributed by atoms with van der Waals surface area (Å²) in [5.41, 5.74) is 2.63. The number of hydrogen-bond donors (Lipinski definition) is 1. The van der Waals surface area contributed by atoms with Crippen molar-refractivity contribution in [3.8, 4) is 0 Å². The van der Waals surface area contributed by atoms with Crippen molar-refractivity contribution in [1.82, 2.24) is 14.7 Å². The average molecular weight is 514 g/mol. The molecule has 7 heteroatoms. The Morgan fingerprint density at radius 3 is 1.92 bits per heavy atom. The second-order valence-corrected chi connectivity index (χ2v) is 9.98. The molecule has 1 saturated heterocycles. The third-order valence-corrected chi connectivity index (χ3v) is 7.18. The van der Waals surface area contributed by atoms with E-state index in [0.717, 1.165) is 23.1 Å². The molecule has 38 heavy (non-hydrogen) atoms. The quantitative estimate of drug-likeness (QED) is 0.444. The van der Waals surface area contributed by atoms with E-state index in [1.807, 2.05) is 103 Å². The van der Waals surface area contributed by atoms with E-state index >= 15 is 0 Å². The summed E-state index contributed by atoms with van der Waals surface area (Å²) in [6.45, 7) is 2.21. The van der Waals surface area contributed by atoms with Gasteiger partial charge in [0.05, 0.1) is 12.0 Å². The molecule has 3 aromatic carbocycles. The molecule has 1 heterocycles. The van der Waals surface area contributed by atoms with Crippen LogP contribution in [0, 0.1) is 0 Å². The van der Waals surface area contributed by atoms with Gasteiger partial charge in [-0.1, -0.05) is 91.0 Å². The van der Waals surface area contributed by atoms with Gasteiger partial charge in [0, 0.05) is 26.2 Å². The lowest BCUT2D eigenvalue weighted by atomic mass is 9.90. The van der Waals surface area contributed by atoms with Gasteiger partial charge in [0.15, 0.2) is 0 Å². The smallest absolute Gasteiger partial charge is 0.323 e. The number of nitrogens with zero attached hydrogens (tertiary/aromatic N) is 3. The normalized spacial score (nSPS) is 16.9. The molecule has 0 saturated carbocycles. The highest BCUT2D eigenvalue weighted by Crippen LogP contribution is 2.30. The molecular weight excluding hydrogens is 478 g/mol. The largest absolute Gasteiger partial charge is 0.480 e. The lowest BCUT2D eigenvalue weighted by Crippen LogP contribution is -2.52. The van der Waals surface area contributed by atoms with Crippen LogP contribution in [-0.4, -0.2) is 69.9 Å². The molecule has 198 valence electrons. The van der Waals surface area contributed by atoms with Gasteiger partial charge in [-0.15, -0.1) is 0 Å². The number of carbonyl (C=O) groups is 3. The van der Waals surface area contributed by atoms with Gasteiger partial charge in [0.1, 0.15) is 6.54 Å². The fourth-order valence-corrected chi connectivity index (χ4v) is 5.32. The van der Waals surface area contributed by atoms with Crippen molar-refractivity contribution < 1.29 is 19.5 Å². The predicted octanol–water partition coefficient (Wildman–Crippen LogP) is 4.84. The lowest BCUT2D eigenvalue weighted by Gasteiger charge is -2.36. The minimum Gasteiger partial charge on any atom is -0.480 e. The van der Waals surface area contributed by atoms with Gasteiger partial charge in [-0.3, -0.25) is 9.59 Å². The Morgan fingerprint density at radius 2 is 1.39 bits per heavy atom. The number of amides is 3. The van der Waals surface area contributed by atoms with Crippen LogP contribution in [0.1, 0.15) is 42.4 Å². The summed E-state index contributed by atoms with van der Waals surface area (Å²) < 4.78 is 0. The minimum absolute atomic E-state index is 0.00783. The van der Waals surface area contributed by atoms with Crippen molar-refractivity contribution >= 4 is 17.9 Å². The molecule has 0 spiro atoms. The molecule has 1 N–H and O–H groups in total. The molecule has 0 bridgehead atoms. The van der Waals surface area contributed by atoms with Crippen LogP contribution in [0.5, 0.6) is 0 Å². The highest BCUT2D eigenvalue weighted by molar-refractivity contribution is 5.89. The molecule has 4 rings (SSSR count). The Morgan fingerprint density at radius 1 is 0.868 bits per heavy atom. The molecule has 1 aliphatic heterocycles. The van der Waals surface area contributed by atoms with Gasteiger partial charge >= 0.3 is 12.0 Å². The maximum Gasteiger partial charge on any atom is 0.323 e. The number of rotatable bonds is 9. The van der Waals surface area contributed by atoms with Gasteiger partial charge < -0.3 is 19.8 Å². The van der Waals surface area contributed by atoms with Gasteiger partial charge in [0.25, 0.3) is 0 Å². The van der Waals surface area contributed by atoms with Crippen molar-refractivity contribution in [3.05, 3.63) is 108 Å². The van der Waals surface area contributed by atoms with E-state index in [4.69, 9.17) is 0 Å². The zero-order valence-corrected chi connectivity index (χ0v) is 21.9. The zero-order chi connectivity index (χ0) is 27.1. The van der Waals surface area contributed by atoms with E-state index in [0.29, 0.717) is 13.0 Å². The third kappa shape index (κ3) is 6.40. The van der Waals surface area contributed by atoms with Crippen molar-refractivity contribution in [2.75, 3.05) is 20.1 Å². The summed E-state index contributed by atoms with van der Waals surface area (Å²) in [5, 5.41) is 9.73. The standard InChI is InChI=1S/C31H35N3O4/c1-23-18-19-27(34(23)31(38)32(2)20-24-12-6-3-7-13-24)21-33(22-28(35)36)30(37)29(25-14-8-4-9-15-25)26-16-10-5-11-17-26/h3-17,23,27,29H,18-22H2,1-2H3,(H,35,36)/t23-,27-/m0/s1. The zero-order valence-electron chi connectivity index (χ0n) is 21.9. The molecule has 0 aliphatic carbocycles. The van der Waals surface area contributed by atoms with Crippen molar-refractivity contribution in [1.29, 1.82) is 0 Å². The first kappa shape index (κ1) is 26.9. The Labute approximate surface area is 224 Å². The van der Waals surface area contributed by atoms with Crippen LogP contribution in [-0.2, 0) is 16.1 Å². The Hall–Kier alpha value is -4.13. The average Bonchev–Trinajstić information content (AvgIpc) is 3.29. The van der Waals surface area contributed by atoms with Crippen LogP contribution in [0.3, 0.4) is 0 Å². The van der Waals surface area contributed by atoms with Crippen LogP contribution in [0.4, 0.5) is 4.79 Å². The molecule has 0 unspecified atom stereocenters. The fourth-order valence-electron chi connectivity index (χ4n) is 5.32. The van der Waals surface area contributed by atoms with E-state index in [2.05, 4.69) is 0 Å². The maximum atomic E-state index is 14.0. The molecule has 3 aromatic rings. The number of carbonyl (C=O) groups excluding carboxylic acids is 2. The maximum absolute atomic E-state index is 14.0. The monoisotopic (exact) mass is 513 g/mol. The number of hydrogen-bond acceptors (Lipinski definition) is 3. The highest BCUT2D eigenvalue weighted by atomic mass is 16.4. The van der Waals surface area contributed by atoms with Crippen LogP contribution in [0.15, 0.2) is 91.0 Å². The first-order chi connectivity index (χ1) is 18.3. The minimum atomic E-state index is -1.08. The van der Waals surface area contributed by atoms with Crippen LogP contribution in [0.25, 0.3) is 0 Å². The molecule has 1 fully saturated rings. The number of aliphatic carboxylic acids is 1. The van der Waals surface area contributed by atoms with Crippen LogP contribution < -0.4 is 0 Å². The Balaban J connectivity index is 1.58. The molecule has 3 amide bonds. The summed E-state index contributed by atoms with van der Waals surface area (Å²) in [6, 6.07) is 28.2. The van der Waals surface area contributed by atoms with Crippen molar-refractivity contribution in [2.45, 2.75) is 44.3 Å². The van der Waals surface area contributed by atoms with Crippen LogP contribution >= 0.6 is 0 Å². The molecular formula is C31H35N3O4. The van der Waals surface area contributed by atoms with Gasteiger partial charge in [-0.2, -0.15) is 0 Å².